The second kappa shape index (κ2) is 8.70. The molecule has 0 aliphatic heterocycles. The van der Waals surface area contributed by atoms with Crippen LogP contribution in [0.2, 0.25) is 0 Å². The third-order valence-corrected chi connectivity index (χ3v) is 4.11. The van der Waals surface area contributed by atoms with Crippen LogP contribution < -0.4 is 0 Å². The molecule has 1 saturated carbocycles. The molecule has 21 heavy (non-hydrogen) atoms. The van der Waals surface area contributed by atoms with E-state index in [0.717, 1.165) is 19.3 Å². The fourth-order valence-corrected chi connectivity index (χ4v) is 3.06. The largest absolute Gasteiger partial charge is 0.122 e. The molecule has 2 rings (SSSR count). The Morgan fingerprint density at radius 3 is 2.48 bits per heavy atom. The van der Waals surface area contributed by atoms with Crippen molar-refractivity contribution in [1.82, 2.24) is 0 Å². The summed E-state index contributed by atoms with van der Waals surface area (Å²) in [4.78, 5) is 0. The Bertz CT molecular complexity index is 504. The average Bonchev–Trinajstić information content (AvgIpc) is 2.49. The monoisotopic (exact) mass is 280 g/mol. The molecule has 0 nitrogen and oxygen atoms in total. The Hall–Kier alpha value is -1.52. The summed E-state index contributed by atoms with van der Waals surface area (Å²) in [5, 5.41) is 0. The quantitative estimate of drug-likeness (QED) is 0.418. The lowest BCUT2D eigenvalue weighted by Crippen LogP contribution is -1.94. The third-order valence-electron chi connectivity index (χ3n) is 4.11. The van der Waals surface area contributed by atoms with Crippen molar-refractivity contribution in [3.63, 3.8) is 0 Å². The molecule has 1 aromatic rings. The highest BCUT2D eigenvalue weighted by atomic mass is 14.1. The molecule has 0 saturated heterocycles. The highest BCUT2D eigenvalue weighted by molar-refractivity contribution is 5.18. The molecule has 1 aliphatic rings. The van der Waals surface area contributed by atoms with E-state index in [-0.39, 0.29) is 0 Å². The van der Waals surface area contributed by atoms with Crippen molar-refractivity contribution in [2.75, 3.05) is 0 Å². The lowest BCUT2D eigenvalue weighted by atomic mass is 9.93. The van der Waals surface area contributed by atoms with Crippen LogP contribution in [-0.2, 0) is 6.42 Å². The maximum atomic E-state index is 4.08. The van der Waals surface area contributed by atoms with Crippen molar-refractivity contribution in [2.24, 2.45) is 0 Å². The van der Waals surface area contributed by atoms with Gasteiger partial charge in [0.2, 0.25) is 0 Å². The molecule has 1 aromatic carbocycles. The van der Waals surface area contributed by atoms with Crippen LogP contribution in [0.25, 0.3) is 0 Å². The summed E-state index contributed by atoms with van der Waals surface area (Å²) in [7, 11) is 0. The maximum absolute atomic E-state index is 4.08. The van der Waals surface area contributed by atoms with E-state index in [0.29, 0.717) is 0 Å². The number of rotatable bonds is 6. The number of hydrogen-bond acceptors (Lipinski definition) is 0. The number of allylic oxidation sites excluding steroid dienone is 2. The van der Waals surface area contributed by atoms with Gasteiger partial charge in [-0.2, -0.15) is 0 Å². The van der Waals surface area contributed by atoms with Gasteiger partial charge in [-0.1, -0.05) is 48.9 Å². The minimum absolute atomic E-state index is 1.03. The zero-order chi connectivity index (χ0) is 14.9. The van der Waals surface area contributed by atoms with Gasteiger partial charge in [0, 0.05) is 0 Å². The van der Waals surface area contributed by atoms with E-state index < -0.39 is 0 Å². The van der Waals surface area contributed by atoms with E-state index in [2.05, 4.69) is 49.6 Å². The van der Waals surface area contributed by atoms with E-state index in [4.69, 9.17) is 0 Å². The molecular formula is C21H28. The standard InChI is InChI=1S/C21H28/c1-18(2)16-21(17-20-12-7-4-8-13-20)15-9-14-19-10-5-3-6-11-19/h3,5-6,10-11H,1,4,7-9,12-16H2,2H3. The summed E-state index contributed by atoms with van der Waals surface area (Å²) in [5.74, 6) is 0. The van der Waals surface area contributed by atoms with Crippen LogP contribution in [0.5, 0.6) is 0 Å². The van der Waals surface area contributed by atoms with E-state index in [1.165, 1.54) is 55.2 Å². The Balaban J connectivity index is 1.96. The van der Waals surface area contributed by atoms with Gasteiger partial charge in [0.05, 0.1) is 0 Å². The molecule has 1 aliphatic carbocycles. The van der Waals surface area contributed by atoms with Gasteiger partial charge >= 0.3 is 0 Å². The summed E-state index contributed by atoms with van der Waals surface area (Å²) in [6, 6.07) is 10.8. The smallest absolute Gasteiger partial charge is 0.00377 e. The van der Waals surface area contributed by atoms with Crippen LogP contribution in [0.4, 0.5) is 0 Å². The highest BCUT2D eigenvalue weighted by Gasteiger charge is 2.06. The topological polar surface area (TPSA) is 0 Å². The van der Waals surface area contributed by atoms with Crippen molar-refractivity contribution in [1.29, 1.82) is 0 Å². The maximum Gasteiger partial charge on any atom is -0.00377 e. The van der Waals surface area contributed by atoms with Crippen LogP contribution in [0.3, 0.4) is 0 Å². The van der Waals surface area contributed by atoms with Crippen molar-refractivity contribution >= 4 is 0 Å². The first-order valence-electron chi connectivity index (χ1n) is 8.39. The minimum atomic E-state index is 1.03. The van der Waals surface area contributed by atoms with Gasteiger partial charge in [-0.15, -0.1) is 5.73 Å². The molecule has 0 N–H and O–H groups in total. The lowest BCUT2D eigenvalue weighted by molar-refractivity contribution is 0.599. The molecule has 1 fully saturated rings. The van der Waals surface area contributed by atoms with Gasteiger partial charge in [0.1, 0.15) is 0 Å². The fraction of sp³-hybridized carbons (Fsp3) is 0.476. The third kappa shape index (κ3) is 6.19. The average molecular weight is 280 g/mol. The van der Waals surface area contributed by atoms with Crippen molar-refractivity contribution in [3.05, 3.63) is 64.9 Å². The van der Waals surface area contributed by atoms with E-state index in [1.807, 2.05) is 0 Å². The zero-order valence-corrected chi connectivity index (χ0v) is 13.5. The first-order valence-corrected chi connectivity index (χ1v) is 8.39. The van der Waals surface area contributed by atoms with Crippen LogP contribution in [0, 0.1) is 0 Å². The molecule has 0 amide bonds. The summed E-state index contributed by atoms with van der Waals surface area (Å²) >= 11 is 0. The molecule has 0 heteroatoms. The summed E-state index contributed by atoms with van der Waals surface area (Å²) in [5.41, 5.74) is 9.47. The zero-order valence-electron chi connectivity index (χ0n) is 13.5. The Morgan fingerprint density at radius 1 is 1.10 bits per heavy atom. The molecule has 0 unspecified atom stereocenters. The first kappa shape index (κ1) is 15.9. The van der Waals surface area contributed by atoms with Gasteiger partial charge in [0.15, 0.2) is 0 Å². The molecule has 0 radical (unpaired) electrons. The van der Waals surface area contributed by atoms with Crippen LogP contribution in [0.1, 0.15) is 63.9 Å². The van der Waals surface area contributed by atoms with Gasteiger partial charge in [0.25, 0.3) is 0 Å². The number of hydrogen-bond donors (Lipinski definition) is 0. The summed E-state index contributed by atoms with van der Waals surface area (Å²) in [6.07, 6.45) is 11.2. The van der Waals surface area contributed by atoms with E-state index in [9.17, 15) is 0 Å². The molecular weight excluding hydrogens is 252 g/mol. The molecule has 112 valence electrons. The normalized spacial score (nSPS) is 14.6. The molecule has 0 spiro atoms. The van der Waals surface area contributed by atoms with Crippen LogP contribution in [-0.4, -0.2) is 0 Å². The minimum Gasteiger partial charge on any atom is -0.122 e. The number of aryl methyl sites for hydroxylation is 1. The summed E-state index contributed by atoms with van der Waals surface area (Å²) < 4.78 is 0. The molecule has 0 atom stereocenters. The molecule has 0 bridgehead atoms. The molecule has 0 aromatic heterocycles. The fourth-order valence-electron chi connectivity index (χ4n) is 3.06. The predicted octanol–water partition coefficient (Wildman–Crippen LogP) is 6.39. The number of benzene rings is 1. The van der Waals surface area contributed by atoms with Gasteiger partial charge < -0.3 is 0 Å². The second-order valence-electron chi connectivity index (χ2n) is 6.37. The van der Waals surface area contributed by atoms with E-state index >= 15 is 0 Å². The second-order valence-corrected chi connectivity index (χ2v) is 6.37. The van der Waals surface area contributed by atoms with Gasteiger partial charge in [-0.3, -0.25) is 0 Å². The van der Waals surface area contributed by atoms with Crippen molar-refractivity contribution in [2.45, 2.75) is 64.7 Å². The van der Waals surface area contributed by atoms with Gasteiger partial charge in [-0.05, 0) is 75.0 Å². The Labute approximate surface area is 130 Å². The first-order chi connectivity index (χ1) is 10.2. The SMILES string of the molecule is C=C(C)CC(=C=C1CCCCC1)CCCc1ccccc1. The predicted molar refractivity (Wildman–Crippen MR) is 92.4 cm³/mol. The lowest BCUT2D eigenvalue weighted by Gasteiger charge is -2.12. The highest BCUT2D eigenvalue weighted by Crippen LogP contribution is 2.24. The van der Waals surface area contributed by atoms with Crippen LogP contribution in [0.15, 0.2) is 59.4 Å². The van der Waals surface area contributed by atoms with Crippen LogP contribution >= 0.6 is 0 Å². The Kier molecular flexibility index (Phi) is 6.57. The van der Waals surface area contributed by atoms with E-state index in [1.54, 1.807) is 5.57 Å². The van der Waals surface area contributed by atoms with Crippen molar-refractivity contribution in [3.8, 4) is 0 Å². The molecule has 0 heterocycles. The Morgan fingerprint density at radius 2 is 1.81 bits per heavy atom. The summed E-state index contributed by atoms with van der Waals surface area (Å²) in [6.45, 7) is 6.21. The van der Waals surface area contributed by atoms with Crippen molar-refractivity contribution < 1.29 is 0 Å². The van der Waals surface area contributed by atoms with Gasteiger partial charge in [-0.25, -0.2) is 0 Å².